The van der Waals surface area contributed by atoms with Gasteiger partial charge < -0.3 is 35.2 Å². The SMILES string of the molecule is Cc1nc(-c2ccc(OCC(C)C)c(C#N)c2)sc1C(=O)Nc1ccc([C@@H]2O[C@H](CO)[C@@H](O)[C@H](O)C2O)cc1. The van der Waals surface area contributed by atoms with Crippen LogP contribution in [0, 0.1) is 24.2 Å². The number of aromatic nitrogens is 1. The lowest BCUT2D eigenvalue weighted by Crippen LogP contribution is -2.55. The summed E-state index contributed by atoms with van der Waals surface area (Å²) in [6.45, 7) is 5.78. The van der Waals surface area contributed by atoms with Crippen LogP contribution in [-0.4, -0.2) is 68.9 Å². The molecule has 0 bridgehead atoms. The molecule has 0 aliphatic carbocycles. The number of nitrogens with zero attached hydrogens (tertiary/aromatic N) is 2. The molecule has 2 aromatic carbocycles. The molecular weight excluding hydrogens is 522 g/mol. The Labute approximate surface area is 230 Å². The number of carbonyl (C=O) groups excluding carboxylic acids is 1. The maximum Gasteiger partial charge on any atom is 0.267 e. The molecule has 1 aliphatic rings. The largest absolute Gasteiger partial charge is 0.492 e. The molecule has 1 aromatic heterocycles. The number of ether oxygens (including phenoxy) is 2. The average molecular weight is 554 g/mol. The van der Waals surface area contributed by atoms with Gasteiger partial charge in [-0.15, -0.1) is 11.3 Å². The summed E-state index contributed by atoms with van der Waals surface area (Å²) in [7, 11) is 0. The van der Waals surface area contributed by atoms with Crippen LogP contribution >= 0.6 is 11.3 Å². The van der Waals surface area contributed by atoms with Gasteiger partial charge in [0.25, 0.3) is 5.91 Å². The molecule has 1 fully saturated rings. The van der Waals surface area contributed by atoms with E-state index in [2.05, 4.69) is 16.4 Å². The van der Waals surface area contributed by atoms with E-state index in [4.69, 9.17) is 9.47 Å². The van der Waals surface area contributed by atoms with Crippen molar-refractivity contribution in [1.82, 2.24) is 4.98 Å². The number of aryl methyl sites for hydroxylation is 1. The minimum Gasteiger partial charge on any atom is -0.492 e. The van der Waals surface area contributed by atoms with Crippen molar-refractivity contribution in [3.8, 4) is 22.4 Å². The predicted octanol–water partition coefficient (Wildman–Crippen LogP) is 2.79. The number of hydrogen-bond acceptors (Lipinski definition) is 10. The number of carbonyl (C=O) groups is 1. The molecule has 206 valence electrons. The number of aliphatic hydroxyl groups is 4. The van der Waals surface area contributed by atoms with E-state index in [9.17, 15) is 30.5 Å². The summed E-state index contributed by atoms with van der Waals surface area (Å²) in [5.74, 6) is 0.477. The van der Waals surface area contributed by atoms with E-state index in [1.807, 2.05) is 19.9 Å². The second-order valence-corrected chi connectivity index (χ2v) is 10.8. The van der Waals surface area contributed by atoms with Crippen LogP contribution < -0.4 is 10.1 Å². The molecule has 0 radical (unpaired) electrons. The standard InChI is InChI=1S/C28H31N3O7S/c1-14(2)13-37-20-9-6-17(10-18(20)11-29)28-30-15(3)26(39-28)27(36)31-19-7-4-16(5-8-19)25-24(35)23(34)22(33)21(12-32)38-25/h4-10,14,21-25,32-35H,12-13H2,1-3H3,(H,31,36)/t21-,22-,23+,24?,25+/m1/s1. The molecule has 5 N–H and O–H groups in total. The van der Waals surface area contributed by atoms with Crippen molar-refractivity contribution < 1.29 is 34.7 Å². The first kappa shape index (κ1) is 28.6. The summed E-state index contributed by atoms with van der Waals surface area (Å²) in [6.07, 6.45) is -6.27. The molecule has 0 saturated carbocycles. The molecule has 1 amide bonds. The zero-order valence-electron chi connectivity index (χ0n) is 21.7. The molecule has 1 unspecified atom stereocenters. The Morgan fingerprint density at radius 3 is 2.51 bits per heavy atom. The van der Waals surface area contributed by atoms with E-state index >= 15 is 0 Å². The third kappa shape index (κ3) is 6.28. The minimum absolute atomic E-state index is 0.322. The summed E-state index contributed by atoms with van der Waals surface area (Å²) in [5, 5.41) is 52.8. The number of rotatable bonds is 8. The fraction of sp³-hybridized carbons (Fsp3) is 0.393. The van der Waals surface area contributed by atoms with Gasteiger partial charge >= 0.3 is 0 Å². The van der Waals surface area contributed by atoms with Gasteiger partial charge in [-0.3, -0.25) is 4.79 Å². The highest BCUT2D eigenvalue weighted by atomic mass is 32.1. The van der Waals surface area contributed by atoms with E-state index in [-0.39, 0.29) is 5.91 Å². The van der Waals surface area contributed by atoms with Crippen molar-refractivity contribution in [2.45, 2.75) is 51.3 Å². The molecule has 10 nitrogen and oxygen atoms in total. The van der Waals surface area contributed by atoms with Crippen LogP contribution in [0.4, 0.5) is 5.69 Å². The highest BCUT2D eigenvalue weighted by molar-refractivity contribution is 7.17. The maximum atomic E-state index is 13.0. The van der Waals surface area contributed by atoms with Gasteiger partial charge in [0.15, 0.2) is 0 Å². The van der Waals surface area contributed by atoms with E-state index in [0.29, 0.717) is 56.2 Å². The molecule has 1 aliphatic heterocycles. The molecule has 4 rings (SSSR count). The van der Waals surface area contributed by atoms with Crippen molar-refractivity contribution in [3.05, 3.63) is 64.2 Å². The Balaban J connectivity index is 1.47. The Morgan fingerprint density at radius 2 is 1.87 bits per heavy atom. The number of hydrogen-bond donors (Lipinski definition) is 5. The number of aliphatic hydroxyl groups excluding tert-OH is 4. The van der Waals surface area contributed by atoms with Gasteiger partial charge in [-0.25, -0.2) is 4.98 Å². The molecule has 11 heteroatoms. The Morgan fingerprint density at radius 1 is 1.15 bits per heavy atom. The first-order valence-corrected chi connectivity index (χ1v) is 13.3. The number of nitrogens with one attached hydrogen (secondary N) is 1. The van der Waals surface area contributed by atoms with Crippen LogP contribution in [0.5, 0.6) is 5.75 Å². The van der Waals surface area contributed by atoms with Gasteiger partial charge in [0.1, 0.15) is 52.2 Å². The summed E-state index contributed by atoms with van der Waals surface area (Å²) in [4.78, 5) is 18.0. The summed E-state index contributed by atoms with van der Waals surface area (Å²) in [6, 6.07) is 13.9. The summed E-state index contributed by atoms with van der Waals surface area (Å²) in [5.41, 5.74) is 2.64. The number of thiazole rings is 1. The Bertz CT molecular complexity index is 1350. The third-order valence-electron chi connectivity index (χ3n) is 6.31. The van der Waals surface area contributed by atoms with Gasteiger partial charge in [-0.05, 0) is 48.7 Å². The quantitative estimate of drug-likeness (QED) is 0.282. The van der Waals surface area contributed by atoms with Gasteiger partial charge in [0, 0.05) is 11.3 Å². The lowest BCUT2D eigenvalue weighted by atomic mass is 9.91. The Hall–Kier alpha value is -3.37. The monoisotopic (exact) mass is 553 g/mol. The van der Waals surface area contributed by atoms with Gasteiger partial charge in [0.2, 0.25) is 0 Å². The van der Waals surface area contributed by atoms with Gasteiger partial charge in [0.05, 0.1) is 24.5 Å². The van der Waals surface area contributed by atoms with Gasteiger partial charge in [-0.2, -0.15) is 5.26 Å². The molecule has 0 spiro atoms. The van der Waals surface area contributed by atoms with Crippen molar-refractivity contribution in [3.63, 3.8) is 0 Å². The van der Waals surface area contributed by atoms with Crippen molar-refractivity contribution in [2.75, 3.05) is 18.5 Å². The highest BCUT2D eigenvalue weighted by Gasteiger charge is 2.43. The van der Waals surface area contributed by atoms with E-state index in [1.165, 1.54) is 11.3 Å². The number of anilines is 1. The number of nitriles is 1. The molecule has 5 atom stereocenters. The van der Waals surface area contributed by atoms with Crippen LogP contribution in [0.2, 0.25) is 0 Å². The normalized spacial score (nSPS) is 22.9. The van der Waals surface area contributed by atoms with E-state index in [0.717, 1.165) is 0 Å². The molecule has 39 heavy (non-hydrogen) atoms. The zero-order valence-corrected chi connectivity index (χ0v) is 22.6. The van der Waals surface area contributed by atoms with Crippen molar-refractivity contribution in [1.29, 1.82) is 5.26 Å². The topological polar surface area (TPSA) is 165 Å². The Kier molecular flexibility index (Phi) is 8.97. The van der Waals surface area contributed by atoms with E-state index < -0.39 is 37.1 Å². The molecule has 2 heterocycles. The first-order chi connectivity index (χ1) is 18.6. The highest BCUT2D eigenvalue weighted by Crippen LogP contribution is 2.34. The van der Waals surface area contributed by atoms with E-state index in [1.54, 1.807) is 43.3 Å². The second-order valence-electron chi connectivity index (χ2n) is 9.79. The average Bonchev–Trinajstić information content (AvgIpc) is 3.33. The smallest absolute Gasteiger partial charge is 0.267 e. The first-order valence-electron chi connectivity index (χ1n) is 12.5. The lowest BCUT2D eigenvalue weighted by Gasteiger charge is -2.40. The van der Waals surface area contributed by atoms with Crippen LogP contribution in [0.1, 0.15) is 46.4 Å². The maximum absolute atomic E-state index is 13.0. The fourth-order valence-electron chi connectivity index (χ4n) is 4.18. The van der Waals surface area contributed by atoms with Gasteiger partial charge in [-0.1, -0.05) is 26.0 Å². The second kappa shape index (κ2) is 12.2. The fourth-order valence-corrected chi connectivity index (χ4v) is 5.14. The molecule has 3 aromatic rings. The third-order valence-corrected chi connectivity index (χ3v) is 7.52. The number of amides is 1. The predicted molar refractivity (Wildman–Crippen MR) is 144 cm³/mol. The van der Waals surface area contributed by atoms with Crippen LogP contribution in [0.25, 0.3) is 10.6 Å². The molecule has 1 saturated heterocycles. The lowest BCUT2D eigenvalue weighted by molar-refractivity contribution is -0.231. The summed E-state index contributed by atoms with van der Waals surface area (Å²) >= 11 is 1.21. The number of benzene rings is 2. The van der Waals surface area contributed by atoms with Crippen LogP contribution in [0.15, 0.2) is 42.5 Å². The summed E-state index contributed by atoms with van der Waals surface area (Å²) < 4.78 is 11.3. The van der Waals surface area contributed by atoms with Crippen LogP contribution in [0.3, 0.4) is 0 Å². The minimum atomic E-state index is -1.48. The molecular formula is C28H31N3O7S. The van der Waals surface area contributed by atoms with Crippen LogP contribution in [-0.2, 0) is 4.74 Å². The van der Waals surface area contributed by atoms with Crippen molar-refractivity contribution >= 4 is 22.9 Å². The zero-order chi connectivity index (χ0) is 28.3. The van der Waals surface area contributed by atoms with Crippen molar-refractivity contribution in [2.24, 2.45) is 5.92 Å².